The summed E-state index contributed by atoms with van der Waals surface area (Å²) in [5.74, 6) is 4.10. The summed E-state index contributed by atoms with van der Waals surface area (Å²) in [5.41, 5.74) is 1.23. The predicted molar refractivity (Wildman–Crippen MR) is 137 cm³/mol. The maximum atomic E-state index is 5.75. The fourth-order valence-electron chi connectivity index (χ4n) is 2.89. The Morgan fingerprint density at radius 3 is 2.34 bits per heavy atom. The molecule has 0 aliphatic heterocycles. The van der Waals surface area contributed by atoms with E-state index in [-0.39, 0.29) is 24.0 Å². The number of nitrogens with one attached hydrogen (secondary N) is 2. The molecule has 3 aromatic rings. The van der Waals surface area contributed by atoms with Gasteiger partial charge in [-0.3, -0.25) is 0 Å². The number of halogens is 1. The number of aliphatic imine (C=N–C) groups is 1. The molecule has 2 N–H and O–H groups in total. The van der Waals surface area contributed by atoms with E-state index in [0.717, 1.165) is 36.1 Å². The third kappa shape index (κ3) is 8.03. The third-order valence-electron chi connectivity index (χ3n) is 4.83. The van der Waals surface area contributed by atoms with Crippen molar-refractivity contribution in [3.05, 3.63) is 71.8 Å². The molecule has 2 aromatic carbocycles. The molecule has 0 fully saturated rings. The van der Waals surface area contributed by atoms with Crippen LogP contribution in [-0.4, -0.2) is 47.5 Å². The Kier molecular flexibility index (Phi) is 10.8. The van der Waals surface area contributed by atoms with Crippen molar-refractivity contribution >= 4 is 29.9 Å². The normalized spacial score (nSPS) is 10.9. The van der Waals surface area contributed by atoms with Crippen molar-refractivity contribution in [3.63, 3.8) is 0 Å². The molecular formula is C23H31IN6O2. The van der Waals surface area contributed by atoms with Crippen molar-refractivity contribution in [1.29, 1.82) is 0 Å². The van der Waals surface area contributed by atoms with Gasteiger partial charge in [-0.1, -0.05) is 30.3 Å². The van der Waals surface area contributed by atoms with Crippen LogP contribution in [0.4, 0.5) is 0 Å². The minimum atomic E-state index is 0. The highest BCUT2D eigenvalue weighted by molar-refractivity contribution is 14.0. The molecule has 0 saturated carbocycles. The first-order valence-corrected chi connectivity index (χ1v) is 10.3. The van der Waals surface area contributed by atoms with E-state index >= 15 is 0 Å². The van der Waals surface area contributed by atoms with E-state index in [4.69, 9.17) is 9.47 Å². The lowest BCUT2D eigenvalue weighted by Crippen LogP contribution is -2.40. The van der Waals surface area contributed by atoms with Crippen LogP contribution in [0.15, 0.2) is 59.6 Å². The lowest BCUT2D eigenvalue weighted by Gasteiger charge is -2.13. The number of rotatable bonds is 10. The van der Waals surface area contributed by atoms with Crippen LogP contribution in [0, 0.1) is 6.92 Å². The first-order valence-electron chi connectivity index (χ1n) is 10.3. The second-order valence-corrected chi connectivity index (χ2v) is 7.00. The van der Waals surface area contributed by atoms with Gasteiger partial charge in [0.15, 0.2) is 11.8 Å². The number of para-hydroxylation sites is 1. The van der Waals surface area contributed by atoms with Gasteiger partial charge in [-0.15, -0.1) is 34.2 Å². The van der Waals surface area contributed by atoms with Gasteiger partial charge in [-0.2, -0.15) is 0 Å². The van der Waals surface area contributed by atoms with Crippen LogP contribution in [0.25, 0.3) is 0 Å². The number of hydrogen-bond donors (Lipinski definition) is 2. The van der Waals surface area contributed by atoms with Crippen LogP contribution >= 0.6 is 24.0 Å². The maximum Gasteiger partial charge on any atom is 0.191 e. The molecule has 32 heavy (non-hydrogen) atoms. The van der Waals surface area contributed by atoms with Crippen molar-refractivity contribution in [2.75, 3.05) is 26.8 Å². The number of benzene rings is 2. The Balaban J connectivity index is 0.00000363. The fraction of sp³-hybridized carbons (Fsp3) is 0.348. The molecule has 8 nitrogen and oxygen atoms in total. The monoisotopic (exact) mass is 550 g/mol. The van der Waals surface area contributed by atoms with E-state index in [2.05, 4.69) is 38.0 Å². The molecule has 1 heterocycles. The first kappa shape index (κ1) is 25.4. The summed E-state index contributed by atoms with van der Waals surface area (Å²) >= 11 is 0. The van der Waals surface area contributed by atoms with Crippen LogP contribution in [-0.2, 0) is 20.0 Å². The summed E-state index contributed by atoms with van der Waals surface area (Å²) < 4.78 is 12.9. The van der Waals surface area contributed by atoms with Gasteiger partial charge < -0.3 is 24.7 Å². The molecule has 0 atom stereocenters. The molecule has 9 heteroatoms. The lowest BCUT2D eigenvalue weighted by atomic mass is 10.1. The second kappa shape index (κ2) is 13.6. The van der Waals surface area contributed by atoms with Crippen LogP contribution < -0.4 is 20.1 Å². The Morgan fingerprint density at radius 1 is 0.969 bits per heavy atom. The molecule has 0 saturated heterocycles. The zero-order valence-electron chi connectivity index (χ0n) is 18.7. The van der Waals surface area contributed by atoms with Crippen molar-refractivity contribution in [2.24, 2.45) is 12.0 Å². The average Bonchev–Trinajstić information content (AvgIpc) is 3.13. The van der Waals surface area contributed by atoms with Gasteiger partial charge in [0, 0.05) is 13.6 Å². The molecule has 0 unspecified atom stereocenters. The van der Waals surface area contributed by atoms with E-state index in [1.165, 1.54) is 5.56 Å². The van der Waals surface area contributed by atoms with E-state index in [0.29, 0.717) is 25.7 Å². The van der Waals surface area contributed by atoms with Gasteiger partial charge in [0.05, 0.1) is 13.7 Å². The van der Waals surface area contributed by atoms with Gasteiger partial charge >= 0.3 is 0 Å². The highest BCUT2D eigenvalue weighted by Crippen LogP contribution is 2.11. The summed E-state index contributed by atoms with van der Waals surface area (Å²) in [7, 11) is 3.61. The average molecular weight is 550 g/mol. The first-order chi connectivity index (χ1) is 15.2. The van der Waals surface area contributed by atoms with Crippen LogP contribution in [0.3, 0.4) is 0 Å². The smallest absolute Gasteiger partial charge is 0.191 e. The summed E-state index contributed by atoms with van der Waals surface area (Å²) in [4.78, 5) is 4.67. The second-order valence-electron chi connectivity index (χ2n) is 7.00. The van der Waals surface area contributed by atoms with Crippen LogP contribution in [0.5, 0.6) is 11.5 Å². The van der Waals surface area contributed by atoms with Gasteiger partial charge in [-0.25, -0.2) is 4.99 Å². The molecule has 172 valence electrons. The van der Waals surface area contributed by atoms with E-state index in [9.17, 15) is 0 Å². The van der Waals surface area contributed by atoms with E-state index in [1.54, 1.807) is 7.11 Å². The lowest BCUT2D eigenvalue weighted by molar-refractivity contribution is 0.322. The Morgan fingerprint density at radius 2 is 1.69 bits per heavy atom. The molecular weight excluding hydrogens is 519 g/mol. The quantitative estimate of drug-likeness (QED) is 0.175. The van der Waals surface area contributed by atoms with Crippen LogP contribution in [0.1, 0.15) is 17.2 Å². The Bertz CT molecular complexity index is 960. The predicted octanol–water partition coefficient (Wildman–Crippen LogP) is 3.11. The maximum absolute atomic E-state index is 5.75. The van der Waals surface area contributed by atoms with Crippen molar-refractivity contribution < 1.29 is 9.47 Å². The van der Waals surface area contributed by atoms with Crippen molar-refractivity contribution in [1.82, 2.24) is 25.4 Å². The third-order valence-corrected chi connectivity index (χ3v) is 4.83. The summed E-state index contributed by atoms with van der Waals surface area (Å²) in [5, 5.41) is 15.0. The van der Waals surface area contributed by atoms with Crippen molar-refractivity contribution in [2.45, 2.75) is 19.9 Å². The summed E-state index contributed by atoms with van der Waals surface area (Å²) in [6.45, 7) is 4.27. The molecule has 3 rings (SSSR count). The fourth-order valence-corrected chi connectivity index (χ4v) is 2.89. The number of guanidine groups is 1. The molecule has 0 bridgehead atoms. The highest BCUT2D eigenvalue weighted by Gasteiger charge is 2.05. The number of aromatic nitrogens is 3. The van der Waals surface area contributed by atoms with Gasteiger partial charge in [0.2, 0.25) is 0 Å². The van der Waals surface area contributed by atoms with E-state index in [1.807, 2.05) is 61.0 Å². The molecule has 0 radical (unpaired) electrons. The van der Waals surface area contributed by atoms with Gasteiger partial charge in [0.25, 0.3) is 0 Å². The Labute approximate surface area is 206 Å². The minimum Gasteiger partial charge on any atom is -0.497 e. The molecule has 0 aliphatic rings. The number of aryl methyl sites for hydroxylation is 1. The highest BCUT2D eigenvalue weighted by atomic mass is 127. The standard InChI is InChI=1S/C23H30N6O2.HI/c1-18-27-28-22(29(18)2)17-26-23(25-15-16-31-21-7-5-4-6-8-21)24-14-13-19-9-11-20(30-3)12-10-19;/h4-12H,13-17H2,1-3H3,(H2,24,25,26);1H. The number of nitrogens with zero attached hydrogens (tertiary/aromatic N) is 4. The van der Waals surface area contributed by atoms with Crippen LogP contribution in [0.2, 0.25) is 0 Å². The number of methoxy groups -OCH3 is 1. The largest absolute Gasteiger partial charge is 0.497 e. The van der Waals surface area contributed by atoms with Gasteiger partial charge in [-0.05, 0) is 43.2 Å². The zero-order chi connectivity index (χ0) is 21.9. The number of hydrogen-bond acceptors (Lipinski definition) is 5. The summed E-state index contributed by atoms with van der Waals surface area (Å²) in [6, 6.07) is 17.9. The molecule has 1 aromatic heterocycles. The molecule has 0 aliphatic carbocycles. The van der Waals surface area contributed by atoms with E-state index < -0.39 is 0 Å². The zero-order valence-corrected chi connectivity index (χ0v) is 21.1. The SMILES string of the molecule is COc1ccc(CCNC(=NCc2nnc(C)n2C)NCCOc2ccccc2)cc1.I. The molecule has 0 spiro atoms. The van der Waals surface area contributed by atoms with Gasteiger partial charge in [0.1, 0.15) is 30.5 Å². The topological polar surface area (TPSA) is 85.6 Å². The Hall–Kier alpha value is -2.82. The number of ether oxygens (including phenoxy) is 2. The minimum absolute atomic E-state index is 0. The summed E-state index contributed by atoms with van der Waals surface area (Å²) in [6.07, 6.45) is 0.869. The molecule has 0 amide bonds. The van der Waals surface area contributed by atoms with Crippen molar-refractivity contribution in [3.8, 4) is 11.5 Å².